The van der Waals surface area contributed by atoms with Gasteiger partial charge in [0, 0.05) is 29.3 Å². The van der Waals surface area contributed by atoms with Crippen LogP contribution in [0.1, 0.15) is 12.6 Å². The monoisotopic (exact) mass is 364 g/mol. The summed E-state index contributed by atoms with van der Waals surface area (Å²) in [7, 11) is 1.35. The van der Waals surface area contributed by atoms with Crippen molar-refractivity contribution in [3.63, 3.8) is 0 Å². The molecule has 1 fully saturated rings. The molecule has 0 amide bonds. The average molecular weight is 364 g/mol. The van der Waals surface area contributed by atoms with E-state index in [4.69, 9.17) is 9.47 Å². The molecule has 0 spiro atoms. The van der Waals surface area contributed by atoms with E-state index >= 15 is 0 Å². The summed E-state index contributed by atoms with van der Waals surface area (Å²) >= 11 is 0. The molecule has 0 bridgehead atoms. The minimum absolute atomic E-state index is 0.283. The molecule has 2 aromatic heterocycles. The van der Waals surface area contributed by atoms with Crippen molar-refractivity contribution in [2.45, 2.75) is 25.2 Å². The van der Waals surface area contributed by atoms with Gasteiger partial charge in [0.2, 0.25) is 5.54 Å². The number of para-hydroxylation sites is 1. The van der Waals surface area contributed by atoms with Gasteiger partial charge in [-0.05, 0) is 24.6 Å². The fraction of sp³-hybridized carbons (Fsp3) is 0.333. The first kappa shape index (κ1) is 16.5. The minimum atomic E-state index is -1.38. The number of carbonyl (C=O) groups excluding carboxylic acids is 1. The van der Waals surface area contributed by atoms with E-state index in [1.807, 2.05) is 54.1 Å². The number of fused-ring (bicyclic) bond motifs is 5. The van der Waals surface area contributed by atoms with Crippen LogP contribution in [0.3, 0.4) is 0 Å². The molecule has 1 aromatic carbocycles. The van der Waals surface area contributed by atoms with Gasteiger partial charge in [0.1, 0.15) is 0 Å². The van der Waals surface area contributed by atoms with Gasteiger partial charge in [-0.2, -0.15) is 0 Å². The largest absolute Gasteiger partial charge is 0.467 e. The van der Waals surface area contributed by atoms with Gasteiger partial charge in [0.15, 0.2) is 6.29 Å². The Balaban J connectivity index is 2.00. The van der Waals surface area contributed by atoms with Gasteiger partial charge in [-0.15, -0.1) is 0 Å². The number of allylic oxidation sites excluding steroid dienone is 1. The van der Waals surface area contributed by atoms with Crippen molar-refractivity contribution >= 4 is 27.8 Å². The number of rotatable bonds is 1. The smallest absolute Gasteiger partial charge is 0.338 e. The number of aliphatic hydroxyl groups excluding tert-OH is 1. The SMILES string of the molecule is C/C=C1\CO[C@@H](O)[C@]2(C(=O)OC)[C@H]1Cc1nccc3c4ccccc4n2c13. The van der Waals surface area contributed by atoms with Crippen LogP contribution >= 0.6 is 0 Å². The van der Waals surface area contributed by atoms with Crippen molar-refractivity contribution in [3.8, 4) is 0 Å². The normalized spacial score (nSPS) is 28.5. The molecule has 2 aliphatic heterocycles. The van der Waals surface area contributed by atoms with E-state index in [0.717, 1.165) is 33.1 Å². The number of pyridine rings is 1. The molecule has 5 rings (SSSR count). The number of esters is 1. The van der Waals surface area contributed by atoms with E-state index in [0.29, 0.717) is 6.42 Å². The third-order valence-corrected chi connectivity index (χ3v) is 6.07. The number of aromatic nitrogens is 2. The minimum Gasteiger partial charge on any atom is -0.467 e. The Morgan fingerprint density at radius 2 is 2.19 bits per heavy atom. The lowest BCUT2D eigenvalue weighted by Crippen LogP contribution is -2.63. The zero-order valence-corrected chi connectivity index (χ0v) is 15.2. The van der Waals surface area contributed by atoms with Crippen molar-refractivity contribution in [2.24, 2.45) is 5.92 Å². The van der Waals surface area contributed by atoms with Gasteiger partial charge in [-0.25, -0.2) is 4.79 Å². The summed E-state index contributed by atoms with van der Waals surface area (Å²) in [6, 6.07) is 9.84. The zero-order valence-electron chi connectivity index (χ0n) is 15.2. The van der Waals surface area contributed by atoms with Crippen LogP contribution in [-0.4, -0.2) is 40.6 Å². The third kappa shape index (κ3) is 1.86. The van der Waals surface area contributed by atoms with Crippen LogP contribution in [-0.2, 0) is 26.2 Å². The fourth-order valence-corrected chi connectivity index (χ4v) is 4.90. The molecule has 2 aliphatic rings. The number of hydrogen-bond acceptors (Lipinski definition) is 5. The third-order valence-electron chi connectivity index (χ3n) is 6.07. The maximum atomic E-state index is 13.3. The van der Waals surface area contributed by atoms with E-state index in [-0.39, 0.29) is 12.5 Å². The summed E-state index contributed by atoms with van der Waals surface area (Å²) in [5, 5.41) is 13.1. The van der Waals surface area contributed by atoms with E-state index < -0.39 is 17.8 Å². The molecular weight excluding hydrogens is 344 g/mol. The summed E-state index contributed by atoms with van der Waals surface area (Å²) in [6.07, 6.45) is 3.00. The predicted octanol–water partition coefficient (Wildman–Crippen LogP) is 2.53. The molecule has 1 N–H and O–H groups in total. The summed E-state index contributed by atoms with van der Waals surface area (Å²) in [5.74, 6) is -0.795. The predicted molar refractivity (Wildman–Crippen MR) is 100 cm³/mol. The molecule has 6 heteroatoms. The number of aliphatic hydroxyl groups is 1. The number of hydrogen-bond donors (Lipinski definition) is 1. The lowest BCUT2D eigenvalue weighted by Gasteiger charge is -2.49. The Labute approximate surface area is 156 Å². The number of benzene rings is 1. The number of carbonyl (C=O) groups is 1. The van der Waals surface area contributed by atoms with Crippen molar-refractivity contribution in [2.75, 3.05) is 13.7 Å². The van der Waals surface area contributed by atoms with E-state index in [9.17, 15) is 9.90 Å². The van der Waals surface area contributed by atoms with Crippen molar-refractivity contribution in [1.82, 2.24) is 9.55 Å². The Kier molecular flexibility index (Phi) is 3.44. The van der Waals surface area contributed by atoms with Crippen LogP contribution in [0.15, 0.2) is 48.2 Å². The standard InChI is InChI=1S/C21H20N2O4/c1-3-12-11-27-20(25)21(19(24)26-2)15(12)10-16-18-14(8-9-22-16)13-6-4-5-7-17(13)23(18)21/h3-9,15,20,25H,10-11H2,1-2H3/b12-3+/t15-,20+,21+/m0/s1. The molecule has 6 nitrogen and oxygen atoms in total. The topological polar surface area (TPSA) is 73.6 Å². The van der Waals surface area contributed by atoms with E-state index in [1.165, 1.54) is 7.11 Å². The first-order chi connectivity index (χ1) is 13.1. The first-order valence-corrected chi connectivity index (χ1v) is 9.05. The van der Waals surface area contributed by atoms with Gasteiger partial charge < -0.3 is 19.1 Å². The maximum Gasteiger partial charge on any atom is 0.338 e. The van der Waals surface area contributed by atoms with Crippen molar-refractivity contribution in [3.05, 3.63) is 53.9 Å². The molecule has 138 valence electrons. The molecule has 3 aromatic rings. The summed E-state index contributed by atoms with van der Waals surface area (Å²) in [5.41, 5.74) is 2.22. The van der Waals surface area contributed by atoms with E-state index in [2.05, 4.69) is 4.98 Å². The fourth-order valence-electron chi connectivity index (χ4n) is 4.90. The summed E-state index contributed by atoms with van der Waals surface area (Å²) in [6.45, 7) is 2.21. The first-order valence-electron chi connectivity index (χ1n) is 9.05. The number of ether oxygens (including phenoxy) is 2. The van der Waals surface area contributed by atoms with Crippen LogP contribution in [0.2, 0.25) is 0 Å². The summed E-state index contributed by atoms with van der Waals surface area (Å²) in [4.78, 5) is 17.9. The highest BCUT2D eigenvalue weighted by Gasteiger charge is 2.61. The van der Waals surface area contributed by atoms with Gasteiger partial charge in [0.05, 0.1) is 30.4 Å². The molecule has 0 unspecified atom stereocenters. The molecule has 0 aliphatic carbocycles. The second-order valence-electron chi connectivity index (χ2n) is 7.11. The van der Waals surface area contributed by atoms with Gasteiger partial charge in [0.25, 0.3) is 0 Å². The molecule has 3 atom stereocenters. The molecule has 0 saturated carbocycles. The van der Waals surface area contributed by atoms with Crippen molar-refractivity contribution < 1.29 is 19.4 Å². The van der Waals surface area contributed by atoms with Crippen molar-refractivity contribution in [1.29, 1.82) is 0 Å². The highest BCUT2D eigenvalue weighted by atomic mass is 16.6. The second-order valence-corrected chi connectivity index (χ2v) is 7.11. The molecule has 0 radical (unpaired) electrons. The lowest BCUT2D eigenvalue weighted by molar-refractivity contribution is -0.214. The zero-order chi connectivity index (χ0) is 18.8. The van der Waals surface area contributed by atoms with E-state index in [1.54, 1.807) is 0 Å². The number of methoxy groups -OCH3 is 1. The summed E-state index contributed by atoms with van der Waals surface area (Å²) < 4.78 is 12.8. The Morgan fingerprint density at radius 1 is 1.37 bits per heavy atom. The maximum absolute atomic E-state index is 13.3. The van der Waals surface area contributed by atoms with Crippen LogP contribution in [0.5, 0.6) is 0 Å². The lowest BCUT2D eigenvalue weighted by atomic mass is 9.71. The van der Waals surface area contributed by atoms with Gasteiger partial charge in [-0.1, -0.05) is 24.3 Å². The van der Waals surface area contributed by atoms with Gasteiger partial charge in [-0.3, -0.25) is 4.98 Å². The molecule has 27 heavy (non-hydrogen) atoms. The quantitative estimate of drug-likeness (QED) is 0.531. The van der Waals surface area contributed by atoms with Crippen LogP contribution < -0.4 is 0 Å². The average Bonchev–Trinajstić information content (AvgIpc) is 3.05. The van der Waals surface area contributed by atoms with Crippen LogP contribution in [0.4, 0.5) is 0 Å². The van der Waals surface area contributed by atoms with Gasteiger partial charge >= 0.3 is 5.97 Å². The Morgan fingerprint density at radius 3 is 2.96 bits per heavy atom. The highest BCUT2D eigenvalue weighted by molar-refractivity contribution is 6.10. The van der Waals surface area contributed by atoms with Crippen LogP contribution in [0.25, 0.3) is 21.8 Å². The molecule has 4 heterocycles. The highest BCUT2D eigenvalue weighted by Crippen LogP contribution is 2.50. The van der Waals surface area contributed by atoms with Crippen LogP contribution in [0, 0.1) is 5.92 Å². The molecular formula is C21H20N2O4. The Bertz CT molecular complexity index is 1120. The Hall–Kier alpha value is -2.70. The number of nitrogens with zero attached hydrogens (tertiary/aromatic N) is 2. The second kappa shape index (κ2) is 5.65. The molecule has 1 saturated heterocycles.